The fraction of sp³-hybridized carbons (Fsp3) is 0.333. The molecule has 1 aliphatic heterocycles. The Morgan fingerprint density at radius 3 is 2.50 bits per heavy atom. The van der Waals surface area contributed by atoms with Gasteiger partial charge in [-0.3, -0.25) is 4.55 Å². The zero-order chi connectivity index (χ0) is 17.5. The molecule has 0 bridgehead atoms. The zero-order valence-electron chi connectivity index (χ0n) is 14.0. The van der Waals surface area contributed by atoms with Crippen molar-refractivity contribution in [3.8, 4) is 0 Å². The predicted octanol–water partition coefficient (Wildman–Crippen LogP) is 4.49. The molecule has 4 nitrogen and oxygen atoms in total. The molecule has 128 valence electrons. The summed E-state index contributed by atoms with van der Waals surface area (Å²) < 4.78 is 31.1. The minimum atomic E-state index is -3.94. The number of nitrogens with zero attached hydrogens (tertiary/aromatic N) is 1. The van der Waals surface area contributed by atoms with Gasteiger partial charge in [-0.25, -0.2) is 0 Å². The molecular formula is C18H21NO3S2. The molecule has 2 aromatic carbocycles. The van der Waals surface area contributed by atoms with Crippen LogP contribution in [0.2, 0.25) is 0 Å². The Morgan fingerprint density at radius 2 is 1.79 bits per heavy atom. The molecule has 1 N–H and O–H groups in total. The summed E-state index contributed by atoms with van der Waals surface area (Å²) in [5, 5.41) is 0. The molecule has 0 spiro atoms. The van der Waals surface area contributed by atoms with E-state index in [0.717, 1.165) is 11.4 Å². The van der Waals surface area contributed by atoms with E-state index in [1.54, 1.807) is 11.8 Å². The fourth-order valence-electron chi connectivity index (χ4n) is 3.15. The van der Waals surface area contributed by atoms with Gasteiger partial charge in [-0.2, -0.15) is 8.42 Å². The molecule has 0 atom stereocenters. The highest BCUT2D eigenvalue weighted by Crippen LogP contribution is 2.50. The molecule has 6 heteroatoms. The van der Waals surface area contributed by atoms with E-state index in [1.807, 2.05) is 0 Å². The standard InChI is InChI=1S/C18H21NO3S2/c1-12-5-6-16-15(10-12)19(7-4-8-24(20,21)22)18-14(3)9-13(2)11-17(18)23-16/h5-6,9-11H,4,7-8H2,1-3H3,(H,20,21,22). The summed E-state index contributed by atoms with van der Waals surface area (Å²) in [7, 11) is -3.94. The van der Waals surface area contributed by atoms with Crippen LogP contribution in [0.1, 0.15) is 23.1 Å². The first-order valence-electron chi connectivity index (χ1n) is 7.87. The number of benzene rings is 2. The second kappa shape index (κ2) is 6.43. The SMILES string of the molecule is Cc1cc(C)c2c(c1)Sc1ccc(C)cc1N2CCCS(=O)(=O)O. The van der Waals surface area contributed by atoms with E-state index in [1.165, 1.54) is 26.5 Å². The van der Waals surface area contributed by atoms with Crippen LogP contribution in [0.3, 0.4) is 0 Å². The monoisotopic (exact) mass is 363 g/mol. The Hall–Kier alpha value is -1.50. The highest BCUT2D eigenvalue weighted by molar-refractivity contribution is 7.99. The second-order valence-electron chi connectivity index (χ2n) is 6.29. The number of rotatable bonds is 4. The molecule has 0 unspecified atom stereocenters. The highest BCUT2D eigenvalue weighted by Gasteiger charge is 2.25. The number of hydrogen-bond acceptors (Lipinski definition) is 4. The number of aryl methyl sites for hydroxylation is 3. The maximum atomic E-state index is 11.1. The van der Waals surface area contributed by atoms with Crippen molar-refractivity contribution in [2.75, 3.05) is 17.2 Å². The van der Waals surface area contributed by atoms with Crippen LogP contribution in [0.25, 0.3) is 0 Å². The Bertz CT molecular complexity index is 891. The second-order valence-corrected chi connectivity index (χ2v) is 8.95. The molecule has 0 amide bonds. The van der Waals surface area contributed by atoms with Crippen LogP contribution in [-0.4, -0.2) is 25.3 Å². The molecule has 1 heterocycles. The summed E-state index contributed by atoms with van der Waals surface area (Å²) in [6, 6.07) is 10.7. The van der Waals surface area contributed by atoms with E-state index in [-0.39, 0.29) is 5.75 Å². The molecule has 0 radical (unpaired) electrons. The summed E-state index contributed by atoms with van der Waals surface area (Å²) in [4.78, 5) is 4.55. The van der Waals surface area contributed by atoms with Gasteiger partial charge in [-0.1, -0.05) is 23.9 Å². The van der Waals surface area contributed by atoms with Gasteiger partial charge < -0.3 is 4.90 Å². The predicted molar refractivity (Wildman–Crippen MR) is 99.3 cm³/mol. The minimum absolute atomic E-state index is 0.224. The van der Waals surface area contributed by atoms with Crippen LogP contribution in [0.15, 0.2) is 40.1 Å². The van der Waals surface area contributed by atoms with Gasteiger partial charge in [-0.05, 0) is 62.1 Å². The average molecular weight is 364 g/mol. The Balaban J connectivity index is 2.04. The molecule has 0 aliphatic carbocycles. The molecule has 0 aromatic heterocycles. The fourth-order valence-corrected chi connectivity index (χ4v) is 4.90. The maximum Gasteiger partial charge on any atom is 0.264 e. The average Bonchev–Trinajstić information content (AvgIpc) is 2.45. The van der Waals surface area contributed by atoms with E-state index in [4.69, 9.17) is 4.55 Å². The van der Waals surface area contributed by atoms with Crippen LogP contribution < -0.4 is 4.90 Å². The Labute approximate surface area is 147 Å². The lowest BCUT2D eigenvalue weighted by Crippen LogP contribution is -2.25. The summed E-state index contributed by atoms with van der Waals surface area (Å²) in [5.74, 6) is -0.224. The van der Waals surface area contributed by atoms with Gasteiger partial charge in [0.25, 0.3) is 10.1 Å². The largest absolute Gasteiger partial charge is 0.339 e. The third kappa shape index (κ3) is 3.61. The van der Waals surface area contributed by atoms with E-state index in [2.05, 4.69) is 56.0 Å². The lowest BCUT2D eigenvalue weighted by molar-refractivity contribution is 0.481. The van der Waals surface area contributed by atoms with Crippen LogP contribution in [0.5, 0.6) is 0 Å². The minimum Gasteiger partial charge on any atom is -0.339 e. The molecule has 24 heavy (non-hydrogen) atoms. The lowest BCUT2D eigenvalue weighted by atomic mass is 10.1. The maximum absolute atomic E-state index is 11.1. The van der Waals surface area contributed by atoms with Crippen molar-refractivity contribution in [1.29, 1.82) is 0 Å². The summed E-state index contributed by atoms with van der Waals surface area (Å²) >= 11 is 1.75. The van der Waals surface area contributed by atoms with Crippen molar-refractivity contribution in [3.05, 3.63) is 47.0 Å². The first-order chi connectivity index (χ1) is 11.2. The van der Waals surface area contributed by atoms with E-state index < -0.39 is 10.1 Å². The molecular weight excluding hydrogens is 342 g/mol. The molecule has 0 saturated carbocycles. The van der Waals surface area contributed by atoms with Crippen molar-refractivity contribution in [2.45, 2.75) is 37.0 Å². The van der Waals surface area contributed by atoms with E-state index in [9.17, 15) is 8.42 Å². The smallest absolute Gasteiger partial charge is 0.264 e. The number of hydrogen-bond donors (Lipinski definition) is 1. The lowest BCUT2D eigenvalue weighted by Gasteiger charge is -2.34. The first kappa shape index (κ1) is 17.3. The van der Waals surface area contributed by atoms with Gasteiger partial charge in [0.2, 0.25) is 0 Å². The van der Waals surface area contributed by atoms with Crippen LogP contribution in [-0.2, 0) is 10.1 Å². The first-order valence-corrected chi connectivity index (χ1v) is 10.3. The third-order valence-electron chi connectivity index (χ3n) is 4.09. The van der Waals surface area contributed by atoms with Gasteiger partial charge in [0.15, 0.2) is 0 Å². The molecule has 3 rings (SSSR count). The van der Waals surface area contributed by atoms with Crippen LogP contribution >= 0.6 is 11.8 Å². The third-order valence-corrected chi connectivity index (χ3v) is 5.99. The molecule has 1 aliphatic rings. The van der Waals surface area contributed by atoms with Gasteiger partial charge in [0.1, 0.15) is 0 Å². The van der Waals surface area contributed by atoms with Crippen LogP contribution in [0.4, 0.5) is 11.4 Å². The van der Waals surface area contributed by atoms with Crippen LogP contribution in [0, 0.1) is 20.8 Å². The molecule has 0 saturated heterocycles. The number of fused-ring (bicyclic) bond motifs is 2. The summed E-state index contributed by atoms with van der Waals surface area (Å²) in [6.07, 6.45) is 0.379. The van der Waals surface area contributed by atoms with Crippen molar-refractivity contribution < 1.29 is 13.0 Å². The van der Waals surface area contributed by atoms with Crippen molar-refractivity contribution in [1.82, 2.24) is 0 Å². The topological polar surface area (TPSA) is 57.6 Å². The van der Waals surface area contributed by atoms with Gasteiger partial charge in [0, 0.05) is 16.3 Å². The zero-order valence-corrected chi connectivity index (χ0v) is 15.7. The Kier molecular flexibility index (Phi) is 4.64. The number of anilines is 2. The summed E-state index contributed by atoms with van der Waals surface area (Å²) in [5.41, 5.74) is 5.81. The summed E-state index contributed by atoms with van der Waals surface area (Å²) in [6.45, 7) is 6.77. The normalized spacial score (nSPS) is 13.6. The van der Waals surface area contributed by atoms with Gasteiger partial charge >= 0.3 is 0 Å². The van der Waals surface area contributed by atoms with E-state index in [0.29, 0.717) is 13.0 Å². The highest BCUT2D eigenvalue weighted by atomic mass is 32.2. The van der Waals surface area contributed by atoms with Gasteiger partial charge in [-0.15, -0.1) is 0 Å². The van der Waals surface area contributed by atoms with E-state index >= 15 is 0 Å². The van der Waals surface area contributed by atoms with Gasteiger partial charge in [0.05, 0.1) is 17.1 Å². The molecule has 2 aromatic rings. The van der Waals surface area contributed by atoms with Crippen molar-refractivity contribution in [3.63, 3.8) is 0 Å². The quantitative estimate of drug-likeness (QED) is 0.811. The van der Waals surface area contributed by atoms with Crippen molar-refractivity contribution >= 4 is 33.3 Å². The molecule has 0 fully saturated rings. The van der Waals surface area contributed by atoms with Crippen molar-refractivity contribution in [2.24, 2.45) is 0 Å². The Morgan fingerprint density at radius 1 is 1.04 bits per heavy atom.